The van der Waals surface area contributed by atoms with Gasteiger partial charge in [-0.1, -0.05) is 11.6 Å². The predicted molar refractivity (Wildman–Crippen MR) is 74.4 cm³/mol. The molecule has 0 aliphatic rings. The Morgan fingerprint density at radius 2 is 1.81 bits per heavy atom. The standard InChI is InChI=1S/C14H9ClFNO4/c15-7-1-3-9(12(18)5-7)13(19)17-11-4-2-8(16)6-10(11)14(20)21/h1-6,18H,(H,17,19)(H,20,21). The Bertz CT molecular complexity index is 733. The van der Waals surface area contributed by atoms with E-state index in [-0.39, 0.29) is 22.0 Å². The molecule has 0 aliphatic heterocycles. The van der Waals surface area contributed by atoms with Crippen LogP contribution in [0, 0.1) is 5.82 Å². The van der Waals surface area contributed by atoms with Crippen molar-refractivity contribution in [3.8, 4) is 5.75 Å². The fraction of sp³-hybridized carbons (Fsp3) is 0. The van der Waals surface area contributed by atoms with Gasteiger partial charge in [0.15, 0.2) is 0 Å². The van der Waals surface area contributed by atoms with Crippen LogP contribution in [0.5, 0.6) is 5.75 Å². The van der Waals surface area contributed by atoms with Crippen molar-refractivity contribution in [1.29, 1.82) is 0 Å². The molecule has 0 aliphatic carbocycles. The smallest absolute Gasteiger partial charge is 0.337 e. The molecule has 1 amide bonds. The Kier molecular flexibility index (Phi) is 4.09. The monoisotopic (exact) mass is 309 g/mol. The molecule has 5 nitrogen and oxygen atoms in total. The maximum absolute atomic E-state index is 13.0. The van der Waals surface area contributed by atoms with E-state index in [0.717, 1.165) is 18.2 Å². The van der Waals surface area contributed by atoms with Crippen LogP contribution in [-0.2, 0) is 0 Å². The Balaban J connectivity index is 2.34. The van der Waals surface area contributed by atoms with E-state index < -0.39 is 23.3 Å². The van der Waals surface area contributed by atoms with Gasteiger partial charge in [0, 0.05) is 5.02 Å². The fourth-order valence-corrected chi connectivity index (χ4v) is 1.86. The van der Waals surface area contributed by atoms with Crippen molar-refractivity contribution in [3.63, 3.8) is 0 Å². The van der Waals surface area contributed by atoms with Crippen LogP contribution in [0.25, 0.3) is 0 Å². The summed E-state index contributed by atoms with van der Waals surface area (Å²) in [5.41, 5.74) is -0.555. The predicted octanol–water partition coefficient (Wildman–Crippen LogP) is 3.14. The summed E-state index contributed by atoms with van der Waals surface area (Å²) in [5.74, 6) is -3.21. The van der Waals surface area contributed by atoms with Gasteiger partial charge in [-0.2, -0.15) is 0 Å². The second-order valence-corrected chi connectivity index (χ2v) is 4.55. The van der Waals surface area contributed by atoms with E-state index in [1.54, 1.807) is 0 Å². The highest BCUT2D eigenvalue weighted by atomic mass is 35.5. The van der Waals surface area contributed by atoms with Crippen molar-refractivity contribution in [2.24, 2.45) is 0 Å². The lowest BCUT2D eigenvalue weighted by Crippen LogP contribution is -2.15. The molecule has 2 aromatic rings. The molecule has 0 aromatic heterocycles. The van der Waals surface area contributed by atoms with Gasteiger partial charge in [-0.15, -0.1) is 0 Å². The number of carboxylic acid groups (broad SMARTS) is 1. The van der Waals surface area contributed by atoms with Crippen molar-refractivity contribution in [2.45, 2.75) is 0 Å². The minimum Gasteiger partial charge on any atom is -0.507 e. The first-order valence-electron chi connectivity index (χ1n) is 5.71. The minimum absolute atomic E-state index is 0.0803. The lowest BCUT2D eigenvalue weighted by atomic mass is 10.1. The molecule has 0 heterocycles. The van der Waals surface area contributed by atoms with Gasteiger partial charge in [-0.3, -0.25) is 4.79 Å². The molecule has 21 heavy (non-hydrogen) atoms. The Morgan fingerprint density at radius 3 is 2.43 bits per heavy atom. The van der Waals surface area contributed by atoms with Gasteiger partial charge in [0.25, 0.3) is 5.91 Å². The molecule has 0 atom stereocenters. The largest absolute Gasteiger partial charge is 0.507 e. The van der Waals surface area contributed by atoms with Crippen LogP contribution in [-0.4, -0.2) is 22.1 Å². The number of phenols is 1. The molecule has 108 valence electrons. The number of benzene rings is 2. The number of rotatable bonds is 3. The van der Waals surface area contributed by atoms with Gasteiger partial charge >= 0.3 is 5.97 Å². The number of hydrogen-bond acceptors (Lipinski definition) is 3. The first-order valence-corrected chi connectivity index (χ1v) is 6.09. The topological polar surface area (TPSA) is 86.6 Å². The number of aromatic hydroxyl groups is 1. The van der Waals surface area contributed by atoms with Crippen LogP contribution in [0.1, 0.15) is 20.7 Å². The van der Waals surface area contributed by atoms with Crippen molar-refractivity contribution < 1.29 is 24.2 Å². The number of carbonyl (C=O) groups is 2. The van der Waals surface area contributed by atoms with E-state index in [4.69, 9.17) is 16.7 Å². The summed E-state index contributed by atoms with van der Waals surface area (Å²) in [5, 5.41) is 21.2. The van der Waals surface area contributed by atoms with Gasteiger partial charge < -0.3 is 15.5 Å². The highest BCUT2D eigenvalue weighted by Crippen LogP contribution is 2.24. The Morgan fingerprint density at radius 1 is 1.10 bits per heavy atom. The van der Waals surface area contributed by atoms with Crippen molar-refractivity contribution >= 4 is 29.2 Å². The zero-order valence-corrected chi connectivity index (χ0v) is 11.2. The first-order chi connectivity index (χ1) is 9.88. The lowest BCUT2D eigenvalue weighted by Gasteiger charge is -2.09. The summed E-state index contributed by atoms with van der Waals surface area (Å²) in [6, 6.07) is 6.81. The molecule has 0 radical (unpaired) electrons. The van der Waals surface area contributed by atoms with E-state index in [0.29, 0.717) is 0 Å². The Labute approximate surface area is 123 Å². The fourth-order valence-electron chi connectivity index (χ4n) is 1.69. The summed E-state index contributed by atoms with van der Waals surface area (Å²) in [6.07, 6.45) is 0. The van der Waals surface area contributed by atoms with Crippen LogP contribution in [0.3, 0.4) is 0 Å². The summed E-state index contributed by atoms with van der Waals surface area (Å²) in [4.78, 5) is 23.0. The molecule has 0 fully saturated rings. The molecule has 0 saturated carbocycles. The minimum atomic E-state index is -1.38. The highest BCUT2D eigenvalue weighted by molar-refractivity contribution is 6.31. The number of carboxylic acids is 1. The second kappa shape index (κ2) is 5.80. The molecular formula is C14H9ClFNO4. The molecule has 2 rings (SSSR count). The van der Waals surface area contributed by atoms with E-state index in [1.807, 2.05) is 0 Å². The zero-order valence-electron chi connectivity index (χ0n) is 10.4. The average molecular weight is 310 g/mol. The van der Waals surface area contributed by atoms with Crippen LogP contribution < -0.4 is 5.32 Å². The average Bonchev–Trinajstić information content (AvgIpc) is 2.40. The summed E-state index contributed by atoms with van der Waals surface area (Å²) in [6.45, 7) is 0. The van der Waals surface area contributed by atoms with Gasteiger partial charge in [-0.05, 0) is 36.4 Å². The molecule has 7 heteroatoms. The summed E-state index contributed by atoms with van der Waals surface area (Å²) >= 11 is 5.65. The molecule has 0 unspecified atom stereocenters. The number of anilines is 1. The maximum atomic E-state index is 13.0. The molecule has 0 saturated heterocycles. The second-order valence-electron chi connectivity index (χ2n) is 4.11. The van der Waals surface area contributed by atoms with Crippen molar-refractivity contribution in [1.82, 2.24) is 0 Å². The van der Waals surface area contributed by atoms with Crippen LogP contribution in [0.2, 0.25) is 5.02 Å². The molecule has 3 N–H and O–H groups in total. The van der Waals surface area contributed by atoms with Gasteiger partial charge in [0.1, 0.15) is 11.6 Å². The number of halogens is 2. The normalized spacial score (nSPS) is 10.2. The first kappa shape index (κ1) is 14.8. The number of carbonyl (C=O) groups excluding carboxylic acids is 1. The molecule has 0 bridgehead atoms. The van der Waals surface area contributed by atoms with Gasteiger partial charge in [0.05, 0.1) is 16.8 Å². The van der Waals surface area contributed by atoms with Crippen LogP contribution >= 0.6 is 11.6 Å². The summed E-state index contributed by atoms with van der Waals surface area (Å²) in [7, 11) is 0. The third kappa shape index (κ3) is 3.29. The summed E-state index contributed by atoms with van der Waals surface area (Å²) < 4.78 is 13.0. The maximum Gasteiger partial charge on any atom is 0.337 e. The van der Waals surface area contributed by atoms with Gasteiger partial charge in [-0.25, -0.2) is 9.18 Å². The number of amides is 1. The Hall–Kier alpha value is -2.60. The third-order valence-corrected chi connectivity index (χ3v) is 2.90. The SMILES string of the molecule is O=C(Nc1ccc(F)cc1C(=O)O)c1ccc(Cl)cc1O. The van der Waals surface area contributed by atoms with E-state index in [9.17, 15) is 19.1 Å². The highest BCUT2D eigenvalue weighted by Gasteiger charge is 2.16. The molecular weight excluding hydrogens is 301 g/mol. The van der Waals surface area contributed by atoms with Crippen LogP contribution in [0.15, 0.2) is 36.4 Å². The number of phenolic OH excluding ortho intramolecular Hbond substituents is 1. The van der Waals surface area contributed by atoms with E-state index in [1.165, 1.54) is 18.2 Å². The van der Waals surface area contributed by atoms with E-state index >= 15 is 0 Å². The number of hydrogen-bond donors (Lipinski definition) is 3. The lowest BCUT2D eigenvalue weighted by molar-refractivity contribution is 0.0697. The number of aromatic carboxylic acids is 1. The quantitative estimate of drug-likeness (QED) is 0.813. The van der Waals surface area contributed by atoms with Gasteiger partial charge in [0.2, 0.25) is 0 Å². The van der Waals surface area contributed by atoms with Crippen molar-refractivity contribution in [3.05, 3.63) is 58.4 Å². The zero-order chi connectivity index (χ0) is 15.6. The molecule has 2 aromatic carbocycles. The van der Waals surface area contributed by atoms with Crippen molar-refractivity contribution in [2.75, 3.05) is 5.32 Å². The van der Waals surface area contributed by atoms with Crippen LogP contribution in [0.4, 0.5) is 10.1 Å². The number of nitrogens with one attached hydrogen (secondary N) is 1. The molecule has 0 spiro atoms. The van der Waals surface area contributed by atoms with E-state index in [2.05, 4.69) is 5.32 Å². The third-order valence-electron chi connectivity index (χ3n) is 2.66.